The molecule has 6 nitrogen and oxygen atoms in total. The summed E-state index contributed by atoms with van der Waals surface area (Å²) in [7, 11) is 1.59. The number of carbonyl (C=O) groups is 2. The van der Waals surface area contributed by atoms with E-state index in [1.54, 1.807) is 38.2 Å². The minimum atomic E-state index is -0.759. The van der Waals surface area contributed by atoms with Crippen molar-refractivity contribution in [1.82, 2.24) is 9.78 Å². The number of likely N-dealkylation sites (N-methyl/N-ethyl adjacent to an activating group) is 1. The topological polar surface area (TPSA) is 64.4 Å². The summed E-state index contributed by atoms with van der Waals surface area (Å²) in [6, 6.07) is 14.5. The van der Waals surface area contributed by atoms with Crippen molar-refractivity contribution in [2.24, 2.45) is 0 Å². The van der Waals surface area contributed by atoms with Crippen LogP contribution in [0.25, 0.3) is 5.69 Å². The lowest BCUT2D eigenvalue weighted by molar-refractivity contribution is -0.121. The minimum absolute atomic E-state index is 0.0259. The summed E-state index contributed by atoms with van der Waals surface area (Å²) in [5.41, 5.74) is 1.57. The number of anilines is 1. The molecule has 0 N–H and O–H groups in total. The monoisotopic (exact) mass is 401 g/mol. The van der Waals surface area contributed by atoms with Crippen LogP contribution in [0.5, 0.6) is 0 Å². The highest BCUT2D eigenvalue weighted by Crippen LogP contribution is 2.24. The number of hydrogen-bond donors (Lipinski definition) is 0. The molecule has 0 atom stereocenters. The van der Waals surface area contributed by atoms with E-state index in [2.05, 4.69) is 5.10 Å². The van der Waals surface area contributed by atoms with Gasteiger partial charge in [-0.25, -0.2) is 13.9 Å². The minimum Gasteiger partial charge on any atom is -0.452 e. The number of halogens is 2. The first kappa shape index (κ1) is 19.6. The molecule has 0 fully saturated rings. The number of esters is 1. The summed E-state index contributed by atoms with van der Waals surface area (Å²) in [4.78, 5) is 26.1. The highest BCUT2D eigenvalue weighted by atomic mass is 35.5. The number of rotatable bonds is 5. The van der Waals surface area contributed by atoms with Gasteiger partial charge in [0.25, 0.3) is 5.91 Å². The second-order valence-corrected chi connectivity index (χ2v) is 6.36. The molecule has 1 amide bonds. The predicted molar refractivity (Wildman–Crippen MR) is 103 cm³/mol. The number of benzene rings is 2. The van der Waals surface area contributed by atoms with Crippen LogP contribution in [-0.4, -0.2) is 35.3 Å². The van der Waals surface area contributed by atoms with Crippen LogP contribution in [0.1, 0.15) is 16.1 Å². The van der Waals surface area contributed by atoms with Gasteiger partial charge in [0.15, 0.2) is 6.61 Å². The van der Waals surface area contributed by atoms with Crippen molar-refractivity contribution in [3.63, 3.8) is 0 Å². The van der Waals surface area contributed by atoms with Crippen molar-refractivity contribution in [2.75, 3.05) is 18.6 Å². The van der Waals surface area contributed by atoms with Crippen molar-refractivity contribution < 1.29 is 18.7 Å². The van der Waals surface area contributed by atoms with Gasteiger partial charge in [-0.3, -0.25) is 4.79 Å². The molecule has 144 valence electrons. The van der Waals surface area contributed by atoms with Gasteiger partial charge in [-0.05, 0) is 43.3 Å². The van der Waals surface area contributed by atoms with Gasteiger partial charge in [-0.15, -0.1) is 0 Å². The number of nitrogens with zero attached hydrogens (tertiary/aromatic N) is 3. The third kappa shape index (κ3) is 4.04. The number of carbonyl (C=O) groups excluding carboxylic acids is 2. The van der Waals surface area contributed by atoms with E-state index in [1.165, 1.54) is 33.8 Å². The Balaban J connectivity index is 1.73. The largest absolute Gasteiger partial charge is 0.452 e. The van der Waals surface area contributed by atoms with Crippen molar-refractivity contribution in [2.45, 2.75) is 6.92 Å². The first-order valence-electron chi connectivity index (χ1n) is 8.38. The van der Waals surface area contributed by atoms with Gasteiger partial charge in [0.1, 0.15) is 16.5 Å². The second kappa shape index (κ2) is 8.22. The quantitative estimate of drug-likeness (QED) is 0.610. The summed E-state index contributed by atoms with van der Waals surface area (Å²) in [5, 5.41) is 4.23. The molecule has 3 rings (SSSR count). The van der Waals surface area contributed by atoms with Crippen LogP contribution in [0.2, 0.25) is 5.15 Å². The van der Waals surface area contributed by atoms with Crippen LogP contribution in [0.3, 0.4) is 0 Å². The molecule has 0 bridgehead atoms. The molecular weight excluding hydrogens is 385 g/mol. The molecule has 0 radical (unpaired) electrons. The van der Waals surface area contributed by atoms with E-state index >= 15 is 0 Å². The Morgan fingerprint density at radius 3 is 2.43 bits per heavy atom. The lowest BCUT2D eigenvalue weighted by Crippen LogP contribution is -2.31. The molecule has 1 heterocycles. The Bertz CT molecular complexity index is 1000. The Labute approximate surface area is 166 Å². The van der Waals surface area contributed by atoms with Crippen LogP contribution in [0.15, 0.2) is 54.6 Å². The molecule has 0 unspecified atom stereocenters. The second-order valence-electron chi connectivity index (χ2n) is 6.00. The van der Waals surface area contributed by atoms with Gasteiger partial charge in [-0.1, -0.05) is 29.8 Å². The number of hydrogen-bond acceptors (Lipinski definition) is 4. The van der Waals surface area contributed by atoms with E-state index < -0.39 is 18.4 Å². The van der Waals surface area contributed by atoms with Crippen molar-refractivity contribution >= 4 is 29.2 Å². The van der Waals surface area contributed by atoms with Gasteiger partial charge >= 0.3 is 5.97 Å². The summed E-state index contributed by atoms with van der Waals surface area (Å²) >= 11 is 6.28. The molecule has 0 spiro atoms. The maximum Gasteiger partial charge on any atom is 0.343 e. The van der Waals surface area contributed by atoms with E-state index in [1.807, 2.05) is 6.07 Å². The summed E-state index contributed by atoms with van der Waals surface area (Å²) < 4.78 is 19.6. The number of amides is 1. The average molecular weight is 402 g/mol. The van der Waals surface area contributed by atoms with E-state index in [-0.39, 0.29) is 16.6 Å². The van der Waals surface area contributed by atoms with Crippen molar-refractivity contribution in [1.29, 1.82) is 0 Å². The first-order valence-corrected chi connectivity index (χ1v) is 8.76. The summed E-state index contributed by atoms with van der Waals surface area (Å²) in [6.07, 6.45) is 0. The van der Waals surface area contributed by atoms with E-state index in [4.69, 9.17) is 16.3 Å². The van der Waals surface area contributed by atoms with E-state index in [0.29, 0.717) is 17.1 Å². The maximum absolute atomic E-state index is 13.1. The fourth-order valence-corrected chi connectivity index (χ4v) is 2.93. The molecule has 3 aromatic rings. The summed E-state index contributed by atoms with van der Waals surface area (Å²) in [6.45, 7) is 1.15. The van der Waals surface area contributed by atoms with Crippen LogP contribution in [0, 0.1) is 12.7 Å². The molecule has 1 aromatic heterocycles. The predicted octanol–water partition coefficient (Wildman–Crippen LogP) is 3.79. The van der Waals surface area contributed by atoms with Crippen LogP contribution >= 0.6 is 11.6 Å². The van der Waals surface area contributed by atoms with Gasteiger partial charge in [0.2, 0.25) is 0 Å². The van der Waals surface area contributed by atoms with Crippen molar-refractivity contribution in [3.05, 3.63) is 76.8 Å². The molecule has 8 heteroatoms. The van der Waals surface area contributed by atoms with Gasteiger partial charge in [0, 0.05) is 12.7 Å². The lowest BCUT2D eigenvalue weighted by Gasteiger charge is -2.17. The zero-order valence-electron chi connectivity index (χ0n) is 15.2. The Hall–Kier alpha value is -3.19. The van der Waals surface area contributed by atoms with Gasteiger partial charge < -0.3 is 9.64 Å². The number of ether oxygens (including phenoxy) is 1. The Morgan fingerprint density at radius 2 is 1.79 bits per heavy atom. The van der Waals surface area contributed by atoms with E-state index in [9.17, 15) is 14.0 Å². The molecule has 0 saturated heterocycles. The molecule has 0 aliphatic heterocycles. The van der Waals surface area contributed by atoms with Crippen LogP contribution in [-0.2, 0) is 9.53 Å². The van der Waals surface area contributed by atoms with E-state index in [0.717, 1.165) is 0 Å². The SMILES string of the molecule is Cc1nn(-c2ccc(F)cc2)c(Cl)c1C(=O)OCC(=O)N(C)c1ccccc1. The zero-order valence-corrected chi connectivity index (χ0v) is 16.0. The average Bonchev–Trinajstić information content (AvgIpc) is 3.00. The molecule has 0 saturated carbocycles. The van der Waals surface area contributed by atoms with Crippen LogP contribution < -0.4 is 4.90 Å². The first-order chi connectivity index (χ1) is 13.4. The molecule has 0 aliphatic carbocycles. The van der Waals surface area contributed by atoms with Gasteiger partial charge in [0.05, 0.1) is 11.4 Å². The summed E-state index contributed by atoms with van der Waals surface area (Å²) in [5.74, 6) is -1.55. The standard InChI is InChI=1S/C20H17ClFN3O3/c1-13-18(19(21)25(23-13)16-10-8-14(22)9-11-16)20(27)28-12-17(26)24(2)15-6-4-3-5-7-15/h3-11H,12H2,1-2H3. The maximum atomic E-state index is 13.1. The van der Waals surface area contributed by atoms with Gasteiger partial charge in [-0.2, -0.15) is 5.10 Å². The third-order valence-corrected chi connectivity index (χ3v) is 4.47. The fraction of sp³-hybridized carbons (Fsp3) is 0.150. The highest BCUT2D eigenvalue weighted by molar-refractivity contribution is 6.33. The number of aromatic nitrogens is 2. The molecule has 0 aliphatic rings. The normalized spacial score (nSPS) is 10.6. The molecule has 28 heavy (non-hydrogen) atoms. The molecular formula is C20H17ClFN3O3. The number of aryl methyl sites for hydroxylation is 1. The Kier molecular flexibility index (Phi) is 5.75. The fourth-order valence-electron chi connectivity index (χ4n) is 2.58. The Morgan fingerprint density at radius 1 is 1.14 bits per heavy atom. The smallest absolute Gasteiger partial charge is 0.343 e. The zero-order chi connectivity index (χ0) is 20.3. The highest BCUT2D eigenvalue weighted by Gasteiger charge is 2.24. The lowest BCUT2D eigenvalue weighted by atomic mass is 10.2. The van der Waals surface area contributed by atoms with Crippen LogP contribution in [0.4, 0.5) is 10.1 Å². The molecule has 2 aromatic carbocycles. The third-order valence-electron chi connectivity index (χ3n) is 4.12. The number of para-hydroxylation sites is 1. The van der Waals surface area contributed by atoms with Crippen molar-refractivity contribution in [3.8, 4) is 5.69 Å².